The van der Waals surface area contributed by atoms with Crippen molar-refractivity contribution in [2.75, 3.05) is 4.90 Å². The second-order valence-electron chi connectivity index (χ2n) is 15.0. The molecule has 9 aromatic carbocycles. The first-order valence-electron chi connectivity index (χ1n) is 19.3. The Hall–Kier alpha value is -7.16. The van der Waals surface area contributed by atoms with Gasteiger partial charge in [-0.15, -0.1) is 0 Å². The lowest BCUT2D eigenvalue weighted by Gasteiger charge is -2.35. The fourth-order valence-electron chi connectivity index (χ4n) is 9.20. The smallest absolute Gasteiger partial charge is 0.141 e. The number of furan rings is 1. The van der Waals surface area contributed by atoms with Crippen molar-refractivity contribution in [1.29, 1.82) is 0 Å². The summed E-state index contributed by atoms with van der Waals surface area (Å²) in [5.74, 6) is 0. The van der Waals surface area contributed by atoms with Crippen LogP contribution in [0.3, 0.4) is 0 Å². The molecule has 11 rings (SSSR count). The Kier molecular flexibility index (Phi) is 7.33. The average Bonchev–Trinajstić information content (AvgIpc) is 3.77. The molecule has 0 amide bonds. The van der Waals surface area contributed by atoms with Crippen molar-refractivity contribution in [3.05, 3.63) is 223 Å². The predicted molar refractivity (Wildman–Crippen MR) is 234 cm³/mol. The first-order valence-corrected chi connectivity index (χ1v) is 19.3. The second-order valence-corrected chi connectivity index (χ2v) is 15.0. The summed E-state index contributed by atoms with van der Waals surface area (Å²) < 4.78 is 7.02. The highest BCUT2D eigenvalue weighted by atomic mass is 16.3. The van der Waals surface area contributed by atoms with Gasteiger partial charge in [-0.3, -0.25) is 0 Å². The molecule has 1 aliphatic carbocycles. The lowest BCUT2D eigenvalue weighted by atomic mass is 9.72. The highest BCUT2D eigenvalue weighted by molar-refractivity contribution is 6.09. The fourth-order valence-corrected chi connectivity index (χ4v) is 9.20. The van der Waals surface area contributed by atoms with Gasteiger partial charge >= 0.3 is 0 Å². The van der Waals surface area contributed by atoms with Crippen LogP contribution in [0.15, 0.2) is 211 Å². The third-order valence-electron chi connectivity index (χ3n) is 11.9. The molecule has 2 nitrogen and oxygen atoms in total. The van der Waals surface area contributed by atoms with Crippen molar-refractivity contribution < 1.29 is 4.42 Å². The van der Waals surface area contributed by atoms with Crippen LogP contribution in [-0.4, -0.2) is 0 Å². The van der Waals surface area contributed by atoms with E-state index >= 15 is 0 Å². The molecule has 0 saturated carbocycles. The van der Waals surface area contributed by atoms with E-state index in [0.717, 1.165) is 44.6 Å². The predicted octanol–water partition coefficient (Wildman–Crippen LogP) is 14.9. The van der Waals surface area contributed by atoms with E-state index in [1.165, 1.54) is 55.3 Å². The lowest BCUT2D eigenvalue weighted by Crippen LogP contribution is -2.26. The van der Waals surface area contributed by atoms with Gasteiger partial charge in [0, 0.05) is 33.1 Å². The van der Waals surface area contributed by atoms with Crippen LogP contribution in [-0.2, 0) is 5.41 Å². The maximum atomic E-state index is 7.02. The van der Waals surface area contributed by atoms with Crippen molar-refractivity contribution in [2.45, 2.75) is 12.3 Å². The van der Waals surface area contributed by atoms with E-state index in [1.807, 2.05) is 0 Å². The summed E-state index contributed by atoms with van der Waals surface area (Å²) in [6, 6.07) is 74.7. The molecule has 56 heavy (non-hydrogen) atoms. The zero-order chi connectivity index (χ0) is 37.2. The van der Waals surface area contributed by atoms with Crippen LogP contribution >= 0.6 is 0 Å². The van der Waals surface area contributed by atoms with Crippen LogP contribution in [0.1, 0.15) is 23.6 Å². The molecule has 1 aromatic heterocycles. The summed E-state index contributed by atoms with van der Waals surface area (Å²) in [7, 11) is 0. The molecule has 0 radical (unpaired) electrons. The van der Waals surface area contributed by atoms with Crippen LogP contribution in [0.25, 0.3) is 66.1 Å². The van der Waals surface area contributed by atoms with E-state index in [9.17, 15) is 0 Å². The van der Waals surface area contributed by atoms with Gasteiger partial charge in [0.2, 0.25) is 0 Å². The number of fused-ring (bicyclic) bond motifs is 7. The fraction of sp³-hybridized carbons (Fsp3) is 0.0370. The van der Waals surface area contributed by atoms with Gasteiger partial charge in [0.25, 0.3) is 0 Å². The number of benzene rings is 9. The molecule has 264 valence electrons. The molecule has 0 spiro atoms. The topological polar surface area (TPSA) is 16.4 Å². The second kappa shape index (κ2) is 12.7. The van der Waals surface area contributed by atoms with Gasteiger partial charge in [-0.2, -0.15) is 0 Å². The minimum atomic E-state index is -0.525. The molecule has 0 bridgehead atoms. The van der Waals surface area contributed by atoms with Crippen LogP contribution < -0.4 is 4.90 Å². The average molecular weight is 716 g/mol. The summed E-state index contributed by atoms with van der Waals surface area (Å²) in [6.45, 7) is 2.39. The molecule has 10 aromatic rings. The van der Waals surface area contributed by atoms with Crippen molar-refractivity contribution in [2.24, 2.45) is 0 Å². The van der Waals surface area contributed by atoms with Crippen LogP contribution in [0.4, 0.5) is 17.1 Å². The van der Waals surface area contributed by atoms with Gasteiger partial charge in [0.1, 0.15) is 11.2 Å². The molecule has 0 fully saturated rings. The molecule has 1 aliphatic rings. The van der Waals surface area contributed by atoms with E-state index in [4.69, 9.17) is 4.42 Å². The third kappa shape index (κ3) is 4.96. The van der Waals surface area contributed by atoms with Crippen LogP contribution in [0.5, 0.6) is 0 Å². The number of para-hydroxylation sites is 1. The zero-order valence-electron chi connectivity index (χ0n) is 31.0. The monoisotopic (exact) mass is 715 g/mol. The van der Waals surface area contributed by atoms with Gasteiger partial charge < -0.3 is 9.32 Å². The molecule has 0 N–H and O–H groups in total. The number of hydrogen-bond donors (Lipinski definition) is 0. The Balaban J connectivity index is 1.17. The van der Waals surface area contributed by atoms with Crippen LogP contribution in [0.2, 0.25) is 0 Å². The number of nitrogens with zero attached hydrogens (tertiary/aromatic N) is 1. The summed E-state index contributed by atoms with van der Waals surface area (Å²) >= 11 is 0. The first-order chi connectivity index (χ1) is 27.6. The molecular formula is C54H37NO. The van der Waals surface area contributed by atoms with Crippen molar-refractivity contribution in [3.63, 3.8) is 0 Å². The van der Waals surface area contributed by atoms with Gasteiger partial charge in [0.05, 0.1) is 5.69 Å². The van der Waals surface area contributed by atoms with E-state index in [1.54, 1.807) is 0 Å². The molecule has 0 atom stereocenters. The molecule has 0 aliphatic heterocycles. The van der Waals surface area contributed by atoms with Gasteiger partial charge in [-0.25, -0.2) is 0 Å². The van der Waals surface area contributed by atoms with E-state index < -0.39 is 5.41 Å². The summed E-state index contributed by atoms with van der Waals surface area (Å²) in [5.41, 5.74) is 15.5. The molecule has 2 heteroatoms. The Morgan fingerprint density at radius 3 is 1.64 bits per heavy atom. The maximum absolute atomic E-state index is 7.02. The van der Waals surface area contributed by atoms with E-state index in [0.29, 0.717) is 0 Å². The van der Waals surface area contributed by atoms with Crippen LogP contribution in [0, 0.1) is 0 Å². The van der Waals surface area contributed by atoms with Gasteiger partial charge in [-0.05, 0) is 111 Å². The largest absolute Gasteiger partial charge is 0.456 e. The Labute approximate surface area is 326 Å². The van der Waals surface area contributed by atoms with Crippen molar-refractivity contribution in [3.8, 4) is 33.4 Å². The molecular weight excluding hydrogens is 679 g/mol. The molecule has 1 heterocycles. The normalized spacial score (nSPS) is 12.9. The summed E-state index contributed by atoms with van der Waals surface area (Å²) in [4.78, 5) is 2.43. The Morgan fingerprint density at radius 1 is 0.411 bits per heavy atom. The molecule has 0 unspecified atom stereocenters. The van der Waals surface area contributed by atoms with Gasteiger partial charge in [-0.1, -0.05) is 158 Å². The first kappa shape index (κ1) is 32.3. The van der Waals surface area contributed by atoms with Crippen molar-refractivity contribution in [1.82, 2.24) is 0 Å². The van der Waals surface area contributed by atoms with E-state index in [2.05, 4.69) is 218 Å². The summed E-state index contributed by atoms with van der Waals surface area (Å²) in [6.07, 6.45) is 0. The van der Waals surface area contributed by atoms with Gasteiger partial charge in [0.15, 0.2) is 0 Å². The Bertz CT molecular complexity index is 3040. The number of anilines is 3. The number of rotatable bonds is 6. The zero-order valence-corrected chi connectivity index (χ0v) is 31.0. The third-order valence-corrected chi connectivity index (χ3v) is 11.9. The van der Waals surface area contributed by atoms with E-state index in [-0.39, 0.29) is 0 Å². The molecule has 0 saturated heterocycles. The summed E-state index contributed by atoms with van der Waals surface area (Å²) in [5, 5.41) is 4.73. The minimum absolute atomic E-state index is 0.525. The number of hydrogen-bond acceptors (Lipinski definition) is 2. The maximum Gasteiger partial charge on any atom is 0.141 e. The minimum Gasteiger partial charge on any atom is -0.456 e. The standard InChI is InChI=1S/C54H37NO/c1-54(48-20-10-7-17-44(48)45-18-8-11-21-49(45)54)52-50(34-33-47-46-19-9-12-22-51(46)56-53(47)52)55(42-29-25-38(26-30-42)36-13-3-2-4-14-36)43-31-27-39(28-32-43)41-24-23-37-15-5-6-16-40(37)35-41/h2-35H,1H3. The highest BCUT2D eigenvalue weighted by Crippen LogP contribution is 2.57. The highest BCUT2D eigenvalue weighted by Gasteiger charge is 2.45. The quantitative estimate of drug-likeness (QED) is 0.170. The Morgan fingerprint density at radius 2 is 0.946 bits per heavy atom. The lowest BCUT2D eigenvalue weighted by molar-refractivity contribution is 0.638. The van der Waals surface area contributed by atoms with Crippen molar-refractivity contribution >= 4 is 49.8 Å². The SMILES string of the molecule is CC1(c2c(N(c3ccc(-c4ccccc4)cc3)c3ccc(-c4ccc5ccccc5c4)cc3)ccc3c2oc2ccccc23)c2ccccc2-c2ccccc21.